The van der Waals surface area contributed by atoms with Crippen LogP contribution >= 0.6 is 11.3 Å². The van der Waals surface area contributed by atoms with Gasteiger partial charge in [-0.2, -0.15) is 0 Å². The van der Waals surface area contributed by atoms with Crippen LogP contribution in [0.25, 0.3) is 0 Å². The minimum absolute atomic E-state index is 0.153. The van der Waals surface area contributed by atoms with Gasteiger partial charge >= 0.3 is 0 Å². The van der Waals surface area contributed by atoms with E-state index in [-0.39, 0.29) is 11.8 Å². The van der Waals surface area contributed by atoms with E-state index in [9.17, 15) is 13.2 Å². The summed E-state index contributed by atoms with van der Waals surface area (Å²) < 4.78 is 27.5. The Morgan fingerprint density at radius 1 is 1.33 bits per heavy atom. The van der Waals surface area contributed by atoms with E-state index in [0.29, 0.717) is 17.3 Å². The summed E-state index contributed by atoms with van der Waals surface area (Å²) in [5.41, 5.74) is 0.945. The number of hydrogen-bond acceptors (Lipinski definition) is 4. The van der Waals surface area contributed by atoms with Crippen LogP contribution in [-0.2, 0) is 14.8 Å². The van der Waals surface area contributed by atoms with Crippen molar-refractivity contribution in [3.05, 3.63) is 29.2 Å². The van der Waals surface area contributed by atoms with Crippen LogP contribution in [0, 0.1) is 5.92 Å². The molecule has 7 heteroatoms. The second kappa shape index (κ2) is 7.80. The lowest BCUT2D eigenvalue weighted by atomic mass is 9.95. The summed E-state index contributed by atoms with van der Waals surface area (Å²) in [7, 11) is -3.42. The number of carbonyl (C=O) groups is 1. The third-order valence-corrected chi connectivity index (χ3v) is 7.51. The van der Waals surface area contributed by atoms with Crippen LogP contribution in [-0.4, -0.2) is 38.9 Å². The average molecular weight is 369 g/mol. The highest BCUT2D eigenvalue weighted by molar-refractivity contribution is 7.91. The molecular formula is C17H24N2O3S2. The maximum Gasteiger partial charge on any atom is 0.250 e. The molecule has 0 radical (unpaired) electrons. The number of rotatable bonds is 5. The van der Waals surface area contributed by atoms with Crippen LogP contribution in [0.3, 0.4) is 0 Å². The molecule has 2 heterocycles. The number of likely N-dealkylation sites (tertiary alicyclic amines) is 1. The first-order valence-electron chi connectivity index (χ1n) is 8.58. The smallest absolute Gasteiger partial charge is 0.250 e. The Morgan fingerprint density at radius 2 is 2.21 bits per heavy atom. The quantitative estimate of drug-likeness (QED) is 0.869. The highest BCUT2D eigenvalue weighted by atomic mass is 32.2. The second-order valence-electron chi connectivity index (χ2n) is 6.52. The normalized spacial score (nSPS) is 22.2. The molecule has 2 aliphatic rings. The van der Waals surface area contributed by atoms with Crippen molar-refractivity contribution >= 4 is 27.3 Å². The number of amides is 1. The topological polar surface area (TPSA) is 66.5 Å². The Hall–Kier alpha value is -1.18. The molecule has 1 aliphatic heterocycles. The van der Waals surface area contributed by atoms with Crippen molar-refractivity contribution in [1.82, 2.24) is 9.62 Å². The summed E-state index contributed by atoms with van der Waals surface area (Å²) in [4.78, 5) is 14.5. The third kappa shape index (κ3) is 4.26. The van der Waals surface area contributed by atoms with Crippen LogP contribution < -0.4 is 4.72 Å². The first-order valence-corrected chi connectivity index (χ1v) is 10.9. The lowest BCUT2D eigenvalue weighted by molar-refractivity contribution is -0.129. The number of hydrogen-bond donors (Lipinski definition) is 1. The Kier molecular flexibility index (Phi) is 5.73. The number of nitrogens with one attached hydrogen (secondary N) is 1. The summed E-state index contributed by atoms with van der Waals surface area (Å²) in [6, 6.07) is 3.34. The molecule has 1 N–H and O–H groups in total. The predicted octanol–water partition coefficient (Wildman–Crippen LogP) is 2.77. The summed E-state index contributed by atoms with van der Waals surface area (Å²) >= 11 is 1.22. The van der Waals surface area contributed by atoms with Gasteiger partial charge in [0.15, 0.2) is 0 Å². The van der Waals surface area contributed by atoms with Gasteiger partial charge in [0.1, 0.15) is 4.21 Å². The van der Waals surface area contributed by atoms with Crippen LogP contribution in [0.5, 0.6) is 0 Å². The summed E-state index contributed by atoms with van der Waals surface area (Å²) in [6.45, 7) is 1.82. The van der Waals surface area contributed by atoms with E-state index in [1.807, 2.05) is 4.90 Å². The third-order valence-electron chi connectivity index (χ3n) is 4.69. The van der Waals surface area contributed by atoms with Gasteiger partial charge in [-0.3, -0.25) is 4.79 Å². The molecular weight excluding hydrogens is 344 g/mol. The van der Waals surface area contributed by atoms with Crippen LogP contribution in [0.2, 0.25) is 0 Å². The fourth-order valence-electron chi connectivity index (χ4n) is 3.37. The van der Waals surface area contributed by atoms with Crippen molar-refractivity contribution in [3.8, 4) is 0 Å². The highest BCUT2D eigenvalue weighted by Crippen LogP contribution is 2.23. The SMILES string of the molecule is O=C(C1=CCCCC1)N1CCCC(CNS(=O)(=O)c2cccs2)C1. The Balaban J connectivity index is 1.56. The number of nitrogens with zero attached hydrogens (tertiary/aromatic N) is 1. The molecule has 1 atom stereocenters. The Bertz CT molecular complexity index is 695. The van der Waals surface area contributed by atoms with E-state index in [2.05, 4.69) is 10.8 Å². The van der Waals surface area contributed by atoms with Gasteiger partial charge in [0.2, 0.25) is 15.9 Å². The monoisotopic (exact) mass is 368 g/mol. The van der Waals surface area contributed by atoms with Crippen molar-refractivity contribution in [1.29, 1.82) is 0 Å². The molecule has 1 aromatic rings. The molecule has 1 unspecified atom stereocenters. The maximum atomic E-state index is 12.6. The van der Waals surface area contributed by atoms with Gasteiger partial charge in [-0.15, -0.1) is 11.3 Å². The van der Waals surface area contributed by atoms with E-state index in [4.69, 9.17) is 0 Å². The zero-order chi connectivity index (χ0) is 17.0. The zero-order valence-electron chi connectivity index (χ0n) is 13.7. The van der Waals surface area contributed by atoms with Crippen LogP contribution in [0.15, 0.2) is 33.4 Å². The molecule has 1 amide bonds. The number of allylic oxidation sites excluding steroid dienone is 1. The number of carbonyl (C=O) groups excluding carboxylic acids is 1. The molecule has 3 rings (SSSR count). The molecule has 5 nitrogen and oxygen atoms in total. The average Bonchev–Trinajstić information content (AvgIpc) is 3.16. The summed E-state index contributed by atoms with van der Waals surface area (Å²) in [5, 5.41) is 1.76. The van der Waals surface area contributed by atoms with Crippen LogP contribution in [0.4, 0.5) is 0 Å². The van der Waals surface area contributed by atoms with Crippen LogP contribution in [0.1, 0.15) is 38.5 Å². The number of thiophene rings is 1. The van der Waals surface area contributed by atoms with Gasteiger partial charge in [0.25, 0.3) is 0 Å². The van der Waals surface area contributed by atoms with Crippen molar-refractivity contribution < 1.29 is 13.2 Å². The predicted molar refractivity (Wildman–Crippen MR) is 95.4 cm³/mol. The van der Waals surface area contributed by atoms with E-state index in [0.717, 1.165) is 44.2 Å². The number of sulfonamides is 1. The minimum atomic E-state index is -3.42. The molecule has 0 aromatic carbocycles. The first kappa shape index (κ1) is 17.6. The van der Waals surface area contributed by atoms with Gasteiger partial charge in [0, 0.05) is 25.2 Å². The lowest BCUT2D eigenvalue weighted by Crippen LogP contribution is -2.44. The molecule has 1 fully saturated rings. The van der Waals surface area contributed by atoms with E-state index < -0.39 is 10.0 Å². The van der Waals surface area contributed by atoms with Crippen molar-refractivity contribution in [2.75, 3.05) is 19.6 Å². The Labute approximate surface area is 147 Å². The highest BCUT2D eigenvalue weighted by Gasteiger charge is 2.27. The largest absolute Gasteiger partial charge is 0.339 e. The molecule has 0 saturated carbocycles. The Morgan fingerprint density at radius 3 is 2.92 bits per heavy atom. The van der Waals surface area contributed by atoms with Gasteiger partial charge < -0.3 is 4.90 Å². The summed E-state index contributed by atoms with van der Waals surface area (Å²) in [6.07, 6.45) is 8.11. The molecule has 132 valence electrons. The molecule has 1 aliphatic carbocycles. The fourth-order valence-corrected chi connectivity index (χ4v) is 5.52. The minimum Gasteiger partial charge on any atom is -0.339 e. The van der Waals surface area contributed by atoms with Gasteiger partial charge in [-0.1, -0.05) is 12.1 Å². The van der Waals surface area contributed by atoms with Crippen molar-refractivity contribution in [2.45, 2.75) is 42.7 Å². The number of piperidine rings is 1. The fraction of sp³-hybridized carbons (Fsp3) is 0.588. The standard InChI is InChI=1S/C17H24N2O3S2/c20-17(15-7-2-1-3-8-15)19-10-4-6-14(13-19)12-18-24(21,22)16-9-5-11-23-16/h5,7,9,11,14,18H,1-4,6,8,10,12-13H2. The summed E-state index contributed by atoms with van der Waals surface area (Å²) in [5.74, 6) is 0.335. The van der Waals surface area contributed by atoms with Gasteiger partial charge in [-0.25, -0.2) is 13.1 Å². The van der Waals surface area contributed by atoms with Crippen molar-refractivity contribution in [2.24, 2.45) is 5.92 Å². The van der Waals surface area contributed by atoms with Gasteiger partial charge in [-0.05, 0) is 55.9 Å². The first-order chi connectivity index (χ1) is 11.6. The molecule has 24 heavy (non-hydrogen) atoms. The lowest BCUT2D eigenvalue weighted by Gasteiger charge is -2.33. The van der Waals surface area contributed by atoms with E-state index >= 15 is 0 Å². The molecule has 0 bridgehead atoms. The van der Waals surface area contributed by atoms with Crippen molar-refractivity contribution in [3.63, 3.8) is 0 Å². The zero-order valence-corrected chi connectivity index (χ0v) is 15.4. The maximum absolute atomic E-state index is 12.6. The van der Waals surface area contributed by atoms with E-state index in [1.165, 1.54) is 17.8 Å². The molecule has 1 aromatic heterocycles. The van der Waals surface area contributed by atoms with E-state index in [1.54, 1.807) is 17.5 Å². The molecule has 1 saturated heterocycles. The second-order valence-corrected chi connectivity index (χ2v) is 9.46. The van der Waals surface area contributed by atoms with Gasteiger partial charge in [0.05, 0.1) is 0 Å². The molecule has 0 spiro atoms.